The van der Waals surface area contributed by atoms with Crippen LogP contribution >= 0.6 is 0 Å². The van der Waals surface area contributed by atoms with Crippen LogP contribution in [0.2, 0.25) is 0 Å². The number of benzene rings is 3. The molecular formula is C34H46O3. The van der Waals surface area contributed by atoms with Crippen LogP contribution in [0.3, 0.4) is 0 Å². The fourth-order valence-corrected chi connectivity index (χ4v) is 5.81. The molecule has 3 aromatic rings. The molecule has 0 aliphatic carbocycles. The Balaban J connectivity index is 1.74. The monoisotopic (exact) mass is 502 g/mol. The second kappa shape index (κ2) is 15.7. The quantitative estimate of drug-likeness (QED) is 0.193. The highest BCUT2D eigenvalue weighted by Gasteiger charge is 2.26. The molecule has 0 aromatic heterocycles. The van der Waals surface area contributed by atoms with Crippen molar-refractivity contribution in [2.75, 3.05) is 13.2 Å². The summed E-state index contributed by atoms with van der Waals surface area (Å²) >= 11 is 0. The van der Waals surface area contributed by atoms with Gasteiger partial charge in [-0.15, -0.1) is 0 Å². The molecule has 3 aromatic carbocycles. The summed E-state index contributed by atoms with van der Waals surface area (Å²) in [6, 6.07) is 31.5. The van der Waals surface area contributed by atoms with Crippen LogP contribution in [0.1, 0.15) is 86.8 Å². The maximum Gasteiger partial charge on any atom is 0.0551 e. The average molecular weight is 503 g/mol. The summed E-state index contributed by atoms with van der Waals surface area (Å²) in [5, 5.41) is 31.4. The molecule has 3 nitrogen and oxygen atoms in total. The molecule has 0 aliphatic rings. The van der Waals surface area contributed by atoms with Crippen LogP contribution in [0.5, 0.6) is 0 Å². The van der Waals surface area contributed by atoms with E-state index in [0.717, 1.165) is 32.1 Å². The Morgan fingerprint density at radius 2 is 0.946 bits per heavy atom. The topological polar surface area (TPSA) is 60.7 Å². The second-order valence-electron chi connectivity index (χ2n) is 10.9. The molecule has 6 unspecified atom stereocenters. The van der Waals surface area contributed by atoms with Crippen LogP contribution < -0.4 is 0 Å². The van der Waals surface area contributed by atoms with Gasteiger partial charge in [0.15, 0.2) is 0 Å². The third kappa shape index (κ3) is 9.41. The maximum atomic E-state index is 11.2. The Morgan fingerprint density at radius 1 is 0.541 bits per heavy atom. The van der Waals surface area contributed by atoms with E-state index >= 15 is 0 Å². The van der Waals surface area contributed by atoms with Gasteiger partial charge in [0.1, 0.15) is 0 Å². The van der Waals surface area contributed by atoms with Gasteiger partial charge in [0.2, 0.25) is 0 Å². The average Bonchev–Trinajstić information content (AvgIpc) is 2.95. The number of hydrogen-bond acceptors (Lipinski definition) is 3. The summed E-state index contributed by atoms with van der Waals surface area (Å²) < 4.78 is 0. The van der Waals surface area contributed by atoms with E-state index < -0.39 is 6.10 Å². The molecule has 0 bridgehead atoms. The van der Waals surface area contributed by atoms with E-state index in [1.165, 1.54) is 16.7 Å². The minimum atomic E-state index is -0.408. The van der Waals surface area contributed by atoms with Crippen LogP contribution in [0, 0.1) is 11.8 Å². The molecule has 0 amide bonds. The molecule has 0 radical (unpaired) electrons. The van der Waals surface area contributed by atoms with E-state index in [-0.39, 0.29) is 36.9 Å². The lowest BCUT2D eigenvalue weighted by Crippen LogP contribution is -2.21. The highest BCUT2D eigenvalue weighted by atomic mass is 16.3. The van der Waals surface area contributed by atoms with E-state index in [4.69, 9.17) is 0 Å². The Labute approximate surface area is 224 Å². The molecular weight excluding hydrogens is 456 g/mol. The highest BCUT2D eigenvalue weighted by molar-refractivity contribution is 5.22. The first-order valence-electron chi connectivity index (χ1n) is 14.1. The van der Waals surface area contributed by atoms with Crippen LogP contribution in [-0.2, 0) is 0 Å². The second-order valence-corrected chi connectivity index (χ2v) is 10.9. The molecule has 37 heavy (non-hydrogen) atoms. The van der Waals surface area contributed by atoms with Gasteiger partial charge >= 0.3 is 0 Å². The summed E-state index contributed by atoms with van der Waals surface area (Å²) in [5.74, 6) is 1.12. The zero-order chi connectivity index (χ0) is 26.5. The molecule has 3 heteroatoms. The minimum Gasteiger partial charge on any atom is -0.396 e. The maximum absolute atomic E-state index is 11.2. The van der Waals surface area contributed by atoms with E-state index in [0.29, 0.717) is 12.3 Å². The summed E-state index contributed by atoms with van der Waals surface area (Å²) in [7, 11) is 0. The minimum absolute atomic E-state index is 0.115. The van der Waals surface area contributed by atoms with Gasteiger partial charge in [0, 0.05) is 13.2 Å². The van der Waals surface area contributed by atoms with Gasteiger partial charge in [-0.2, -0.15) is 0 Å². The largest absolute Gasteiger partial charge is 0.396 e. The van der Waals surface area contributed by atoms with Crippen molar-refractivity contribution in [3.8, 4) is 0 Å². The first-order chi connectivity index (χ1) is 18.0. The first kappa shape index (κ1) is 29.1. The van der Waals surface area contributed by atoms with Gasteiger partial charge in [0.05, 0.1) is 6.10 Å². The molecule has 3 N–H and O–H groups in total. The first-order valence-corrected chi connectivity index (χ1v) is 14.1. The van der Waals surface area contributed by atoms with Crippen molar-refractivity contribution in [3.63, 3.8) is 0 Å². The molecule has 0 spiro atoms. The van der Waals surface area contributed by atoms with Gasteiger partial charge in [-0.25, -0.2) is 0 Å². The zero-order valence-electron chi connectivity index (χ0n) is 22.6. The molecule has 0 saturated carbocycles. The van der Waals surface area contributed by atoms with Gasteiger partial charge in [0.25, 0.3) is 0 Å². The van der Waals surface area contributed by atoms with Crippen molar-refractivity contribution in [2.24, 2.45) is 11.8 Å². The molecule has 0 saturated heterocycles. The standard InChI is InChI=1S/C34H46O3/c1-3-28(29-13-7-4-8-14-29)22-34(37)23-33(31-17-11-6-12-18-31)21-27(25-36)20-32(19-26(2)24-35)30-15-9-5-10-16-30/h4-18,26-28,32-37H,3,19-25H2,1-2H3. The lowest BCUT2D eigenvalue weighted by molar-refractivity contribution is 0.123. The molecule has 3 rings (SSSR count). The van der Waals surface area contributed by atoms with Gasteiger partial charge in [-0.1, -0.05) is 105 Å². The van der Waals surface area contributed by atoms with E-state index in [1.54, 1.807) is 0 Å². The number of hydrogen-bond donors (Lipinski definition) is 3. The predicted molar refractivity (Wildman–Crippen MR) is 154 cm³/mol. The normalized spacial score (nSPS) is 16.5. The number of aliphatic hydroxyl groups is 3. The SMILES string of the molecule is CCC(CC(O)CC(CC(CO)CC(CC(C)CO)c1ccccc1)c1ccccc1)c1ccccc1. The lowest BCUT2D eigenvalue weighted by Gasteiger charge is -2.29. The van der Waals surface area contributed by atoms with E-state index in [1.807, 2.05) is 18.2 Å². The van der Waals surface area contributed by atoms with Crippen LogP contribution in [-0.4, -0.2) is 34.6 Å². The number of rotatable bonds is 16. The lowest BCUT2D eigenvalue weighted by atomic mass is 9.77. The molecule has 0 aliphatic heterocycles. The van der Waals surface area contributed by atoms with E-state index in [2.05, 4.69) is 86.6 Å². The fraction of sp³-hybridized carbons (Fsp3) is 0.471. The molecule has 6 atom stereocenters. The zero-order valence-corrected chi connectivity index (χ0v) is 22.6. The fourth-order valence-electron chi connectivity index (χ4n) is 5.81. The van der Waals surface area contributed by atoms with Crippen molar-refractivity contribution in [1.82, 2.24) is 0 Å². The number of aliphatic hydroxyl groups excluding tert-OH is 3. The summed E-state index contributed by atoms with van der Waals surface area (Å²) in [5.41, 5.74) is 3.79. The Hall–Kier alpha value is -2.46. The highest BCUT2D eigenvalue weighted by Crippen LogP contribution is 2.37. The van der Waals surface area contributed by atoms with Crippen molar-refractivity contribution in [3.05, 3.63) is 108 Å². The molecule has 200 valence electrons. The third-order valence-electron chi connectivity index (χ3n) is 7.91. The molecule has 0 fully saturated rings. The van der Waals surface area contributed by atoms with Crippen LogP contribution in [0.25, 0.3) is 0 Å². The van der Waals surface area contributed by atoms with Gasteiger partial charge in [-0.05, 0) is 84.8 Å². The van der Waals surface area contributed by atoms with Gasteiger partial charge in [-0.3, -0.25) is 0 Å². The van der Waals surface area contributed by atoms with Crippen molar-refractivity contribution in [1.29, 1.82) is 0 Å². The summed E-state index contributed by atoms with van der Waals surface area (Å²) in [6.45, 7) is 4.58. The smallest absolute Gasteiger partial charge is 0.0551 e. The van der Waals surface area contributed by atoms with Crippen molar-refractivity contribution >= 4 is 0 Å². The Morgan fingerprint density at radius 3 is 1.35 bits per heavy atom. The third-order valence-corrected chi connectivity index (χ3v) is 7.91. The summed E-state index contributed by atoms with van der Waals surface area (Å²) in [6.07, 6.45) is 4.61. The van der Waals surface area contributed by atoms with Crippen molar-refractivity contribution in [2.45, 2.75) is 76.2 Å². The van der Waals surface area contributed by atoms with Crippen molar-refractivity contribution < 1.29 is 15.3 Å². The Bertz CT molecular complexity index is 976. The Kier molecular flexibility index (Phi) is 12.4. The van der Waals surface area contributed by atoms with Crippen LogP contribution in [0.15, 0.2) is 91.0 Å². The molecule has 0 heterocycles. The van der Waals surface area contributed by atoms with E-state index in [9.17, 15) is 15.3 Å². The van der Waals surface area contributed by atoms with Gasteiger partial charge < -0.3 is 15.3 Å². The predicted octanol–water partition coefficient (Wildman–Crippen LogP) is 7.30. The summed E-state index contributed by atoms with van der Waals surface area (Å²) in [4.78, 5) is 0. The van der Waals surface area contributed by atoms with Crippen LogP contribution in [0.4, 0.5) is 0 Å².